The molecule has 3 nitrogen and oxygen atoms in total. The molecule has 1 heterocycles. The SMILES string of the molecule is Cc1ccccc1C(CBr)Cc1cn(C)nn1. The second-order valence-corrected chi connectivity index (χ2v) is 4.94. The minimum absolute atomic E-state index is 0.452. The predicted octanol–water partition coefficient (Wildman–Crippen LogP) is 2.84. The lowest BCUT2D eigenvalue weighted by molar-refractivity contribution is 0.707. The molecule has 0 aliphatic heterocycles. The van der Waals surface area contributed by atoms with Crippen LogP contribution < -0.4 is 0 Å². The summed E-state index contributed by atoms with van der Waals surface area (Å²) in [4.78, 5) is 0. The van der Waals surface area contributed by atoms with Crippen LogP contribution in [-0.4, -0.2) is 20.3 Å². The molecule has 90 valence electrons. The molecule has 1 aromatic carbocycles. The van der Waals surface area contributed by atoms with Gasteiger partial charge in [-0.2, -0.15) is 0 Å². The van der Waals surface area contributed by atoms with Gasteiger partial charge in [-0.05, 0) is 24.0 Å². The van der Waals surface area contributed by atoms with Gasteiger partial charge in [0.25, 0.3) is 0 Å². The lowest BCUT2D eigenvalue weighted by Crippen LogP contribution is -2.06. The number of aromatic nitrogens is 3. The highest BCUT2D eigenvalue weighted by molar-refractivity contribution is 9.09. The molecule has 0 fully saturated rings. The Kier molecular flexibility index (Phi) is 3.94. The second-order valence-electron chi connectivity index (χ2n) is 4.30. The quantitative estimate of drug-likeness (QED) is 0.812. The minimum atomic E-state index is 0.452. The van der Waals surface area contributed by atoms with E-state index in [0.717, 1.165) is 17.4 Å². The summed E-state index contributed by atoms with van der Waals surface area (Å²) in [6, 6.07) is 8.51. The average Bonchev–Trinajstić information content (AvgIpc) is 2.73. The van der Waals surface area contributed by atoms with Gasteiger partial charge in [-0.25, -0.2) is 0 Å². The molecule has 0 saturated carbocycles. The second kappa shape index (κ2) is 5.45. The highest BCUT2D eigenvalue weighted by Gasteiger charge is 2.14. The fraction of sp³-hybridized carbons (Fsp3) is 0.385. The number of hydrogen-bond donors (Lipinski definition) is 0. The summed E-state index contributed by atoms with van der Waals surface area (Å²) in [7, 11) is 1.90. The normalized spacial score (nSPS) is 12.6. The summed E-state index contributed by atoms with van der Waals surface area (Å²) >= 11 is 3.60. The van der Waals surface area contributed by atoms with E-state index >= 15 is 0 Å². The maximum Gasteiger partial charge on any atom is 0.0833 e. The number of aryl methyl sites for hydroxylation is 2. The topological polar surface area (TPSA) is 30.7 Å². The molecule has 1 unspecified atom stereocenters. The van der Waals surface area contributed by atoms with E-state index in [2.05, 4.69) is 57.4 Å². The zero-order chi connectivity index (χ0) is 12.3. The van der Waals surface area contributed by atoms with Crippen molar-refractivity contribution < 1.29 is 0 Å². The third-order valence-corrected chi connectivity index (χ3v) is 3.70. The Morgan fingerprint density at radius 1 is 1.35 bits per heavy atom. The van der Waals surface area contributed by atoms with Gasteiger partial charge in [0, 0.05) is 25.0 Å². The molecule has 1 aromatic heterocycles. The zero-order valence-electron chi connectivity index (χ0n) is 10.1. The fourth-order valence-corrected chi connectivity index (χ4v) is 2.61. The van der Waals surface area contributed by atoms with E-state index in [1.165, 1.54) is 11.1 Å². The van der Waals surface area contributed by atoms with Crippen LogP contribution in [0.2, 0.25) is 0 Å². The van der Waals surface area contributed by atoms with Crippen molar-refractivity contribution in [2.75, 3.05) is 5.33 Å². The third kappa shape index (κ3) is 2.94. The van der Waals surface area contributed by atoms with Crippen LogP contribution in [-0.2, 0) is 13.5 Å². The van der Waals surface area contributed by atoms with Crippen molar-refractivity contribution in [1.82, 2.24) is 15.0 Å². The maximum atomic E-state index is 4.15. The van der Waals surface area contributed by atoms with Crippen molar-refractivity contribution in [3.63, 3.8) is 0 Å². The van der Waals surface area contributed by atoms with Crippen LogP contribution in [0.4, 0.5) is 0 Å². The average molecular weight is 294 g/mol. The maximum absolute atomic E-state index is 4.15. The fourth-order valence-electron chi connectivity index (χ4n) is 2.03. The van der Waals surface area contributed by atoms with E-state index < -0.39 is 0 Å². The summed E-state index contributed by atoms with van der Waals surface area (Å²) in [5, 5.41) is 9.06. The number of halogens is 1. The van der Waals surface area contributed by atoms with Crippen LogP contribution in [0.25, 0.3) is 0 Å². The lowest BCUT2D eigenvalue weighted by atomic mass is 9.93. The molecule has 0 aliphatic carbocycles. The highest BCUT2D eigenvalue weighted by Crippen LogP contribution is 2.24. The molecule has 0 amide bonds. The smallest absolute Gasteiger partial charge is 0.0833 e. The molecule has 2 aromatic rings. The van der Waals surface area contributed by atoms with Crippen molar-refractivity contribution in [1.29, 1.82) is 0 Å². The molecule has 4 heteroatoms. The van der Waals surface area contributed by atoms with Crippen LogP contribution in [0.3, 0.4) is 0 Å². The standard InChI is InChI=1S/C13H16BrN3/c1-10-5-3-4-6-13(10)11(8-14)7-12-9-17(2)16-15-12/h3-6,9,11H,7-8H2,1-2H3. The Labute approximate surface area is 110 Å². The Bertz CT molecular complexity index is 493. The first kappa shape index (κ1) is 12.3. The van der Waals surface area contributed by atoms with Gasteiger partial charge in [0.05, 0.1) is 5.69 Å². The number of benzene rings is 1. The van der Waals surface area contributed by atoms with Crippen molar-refractivity contribution in [3.8, 4) is 0 Å². The molecule has 17 heavy (non-hydrogen) atoms. The van der Waals surface area contributed by atoms with Crippen molar-refractivity contribution in [2.24, 2.45) is 7.05 Å². The van der Waals surface area contributed by atoms with Gasteiger partial charge < -0.3 is 0 Å². The van der Waals surface area contributed by atoms with E-state index in [1.807, 2.05) is 13.2 Å². The molecule has 0 aliphatic rings. The lowest BCUT2D eigenvalue weighted by Gasteiger charge is -2.15. The van der Waals surface area contributed by atoms with Crippen LogP contribution in [0, 0.1) is 6.92 Å². The predicted molar refractivity (Wildman–Crippen MR) is 72.4 cm³/mol. The molecule has 0 N–H and O–H groups in total. The first-order chi connectivity index (χ1) is 8.20. The minimum Gasteiger partial charge on any atom is -0.255 e. The number of hydrogen-bond acceptors (Lipinski definition) is 2. The van der Waals surface area contributed by atoms with Crippen molar-refractivity contribution >= 4 is 15.9 Å². The van der Waals surface area contributed by atoms with Gasteiger partial charge in [-0.3, -0.25) is 4.68 Å². The van der Waals surface area contributed by atoms with Crippen LogP contribution in [0.15, 0.2) is 30.5 Å². The van der Waals surface area contributed by atoms with Crippen LogP contribution in [0.1, 0.15) is 22.7 Å². The molecule has 1 atom stereocenters. The first-order valence-corrected chi connectivity index (χ1v) is 6.79. The molecule has 0 bridgehead atoms. The van der Waals surface area contributed by atoms with E-state index in [9.17, 15) is 0 Å². The third-order valence-electron chi connectivity index (χ3n) is 2.92. The summed E-state index contributed by atoms with van der Waals surface area (Å²) in [6.07, 6.45) is 2.90. The molecule has 0 spiro atoms. The Balaban J connectivity index is 2.20. The molecule has 2 rings (SSSR count). The molecular weight excluding hydrogens is 278 g/mol. The zero-order valence-corrected chi connectivity index (χ0v) is 11.7. The summed E-state index contributed by atoms with van der Waals surface area (Å²) in [6.45, 7) is 2.15. The van der Waals surface area contributed by atoms with Gasteiger partial charge in [0.1, 0.15) is 0 Å². The molecule has 0 saturated heterocycles. The van der Waals surface area contributed by atoms with E-state index in [1.54, 1.807) is 4.68 Å². The van der Waals surface area contributed by atoms with Gasteiger partial charge in [-0.1, -0.05) is 45.4 Å². The summed E-state index contributed by atoms with van der Waals surface area (Å²) < 4.78 is 1.75. The van der Waals surface area contributed by atoms with E-state index in [4.69, 9.17) is 0 Å². The highest BCUT2D eigenvalue weighted by atomic mass is 79.9. The Morgan fingerprint density at radius 3 is 2.71 bits per heavy atom. The van der Waals surface area contributed by atoms with Crippen molar-refractivity contribution in [3.05, 3.63) is 47.3 Å². The van der Waals surface area contributed by atoms with E-state index in [-0.39, 0.29) is 0 Å². The van der Waals surface area contributed by atoms with Crippen molar-refractivity contribution in [2.45, 2.75) is 19.3 Å². The molecular formula is C13H16BrN3. The van der Waals surface area contributed by atoms with Crippen LogP contribution >= 0.6 is 15.9 Å². The first-order valence-electron chi connectivity index (χ1n) is 5.67. The number of rotatable bonds is 4. The summed E-state index contributed by atoms with van der Waals surface area (Å²) in [5.74, 6) is 0.452. The Morgan fingerprint density at radius 2 is 2.12 bits per heavy atom. The monoisotopic (exact) mass is 293 g/mol. The van der Waals surface area contributed by atoms with E-state index in [0.29, 0.717) is 5.92 Å². The molecule has 0 radical (unpaired) electrons. The number of nitrogens with zero attached hydrogens (tertiary/aromatic N) is 3. The van der Waals surface area contributed by atoms with Gasteiger partial charge in [-0.15, -0.1) is 5.10 Å². The summed E-state index contributed by atoms with van der Waals surface area (Å²) in [5.41, 5.74) is 3.76. The Hall–Kier alpha value is -1.16. The van der Waals surface area contributed by atoms with Gasteiger partial charge in [0.2, 0.25) is 0 Å². The van der Waals surface area contributed by atoms with Gasteiger partial charge >= 0.3 is 0 Å². The largest absolute Gasteiger partial charge is 0.255 e. The van der Waals surface area contributed by atoms with Gasteiger partial charge in [0.15, 0.2) is 0 Å². The number of alkyl halides is 1. The van der Waals surface area contributed by atoms with Crippen LogP contribution in [0.5, 0.6) is 0 Å².